The Kier molecular flexibility index (Phi) is 5.05. The highest BCUT2D eigenvalue weighted by atomic mass is 35.5. The third-order valence-electron chi connectivity index (χ3n) is 3.62. The van der Waals surface area contributed by atoms with Crippen LogP contribution in [0.4, 0.5) is 5.88 Å². The molecule has 0 spiro atoms. The molecule has 116 valence electrons. The molecule has 6 heteroatoms. The highest BCUT2D eigenvalue weighted by molar-refractivity contribution is 7.99. The summed E-state index contributed by atoms with van der Waals surface area (Å²) in [4.78, 5) is 13.1. The van der Waals surface area contributed by atoms with Crippen LogP contribution in [0.25, 0.3) is 0 Å². The Morgan fingerprint density at radius 3 is 2.86 bits per heavy atom. The van der Waals surface area contributed by atoms with Crippen LogP contribution in [0.2, 0.25) is 5.02 Å². The minimum atomic E-state index is -0.0361. The number of thioether (sulfide) groups is 1. The van der Waals surface area contributed by atoms with Gasteiger partial charge in [-0.15, -0.1) is 11.8 Å². The Morgan fingerprint density at radius 1 is 1.27 bits per heavy atom. The second-order valence-electron chi connectivity index (χ2n) is 5.24. The molecular weight excluding hydrogens is 320 g/mol. The topological polar surface area (TPSA) is 55.1 Å². The van der Waals surface area contributed by atoms with Gasteiger partial charge in [0.1, 0.15) is 0 Å². The Morgan fingerprint density at radius 2 is 2.05 bits per heavy atom. The summed E-state index contributed by atoms with van der Waals surface area (Å²) in [5.41, 5.74) is 2.07. The van der Waals surface area contributed by atoms with Gasteiger partial charge in [0.05, 0.1) is 5.69 Å². The zero-order valence-electron chi connectivity index (χ0n) is 12.1. The second kappa shape index (κ2) is 7.20. The van der Waals surface area contributed by atoms with Gasteiger partial charge in [-0.05, 0) is 49.9 Å². The van der Waals surface area contributed by atoms with Gasteiger partial charge in [-0.25, -0.2) is 0 Å². The van der Waals surface area contributed by atoms with Gasteiger partial charge in [-0.2, -0.15) is 0 Å². The van der Waals surface area contributed by atoms with Gasteiger partial charge < -0.3 is 4.52 Å². The predicted octanol–water partition coefficient (Wildman–Crippen LogP) is 4.33. The molecule has 0 fully saturated rings. The van der Waals surface area contributed by atoms with Crippen LogP contribution < -0.4 is 5.32 Å². The van der Waals surface area contributed by atoms with E-state index in [9.17, 15) is 4.79 Å². The molecule has 1 heterocycles. The van der Waals surface area contributed by atoms with E-state index in [1.807, 2.05) is 24.3 Å². The number of benzene rings is 1. The van der Waals surface area contributed by atoms with Crippen LogP contribution in [0, 0.1) is 0 Å². The van der Waals surface area contributed by atoms with E-state index in [1.165, 1.54) is 0 Å². The predicted molar refractivity (Wildman–Crippen MR) is 88.6 cm³/mol. The fraction of sp³-hybridized carbons (Fsp3) is 0.375. The first-order valence-electron chi connectivity index (χ1n) is 7.38. The van der Waals surface area contributed by atoms with Gasteiger partial charge in [0.2, 0.25) is 11.8 Å². The quantitative estimate of drug-likeness (QED) is 0.826. The molecule has 0 bridgehead atoms. The highest BCUT2D eigenvalue weighted by Gasteiger charge is 2.20. The van der Waals surface area contributed by atoms with E-state index in [4.69, 9.17) is 16.1 Å². The molecule has 1 aliphatic carbocycles. The molecule has 0 saturated heterocycles. The number of nitrogens with zero attached hydrogens (tertiary/aromatic N) is 1. The molecule has 22 heavy (non-hydrogen) atoms. The van der Waals surface area contributed by atoms with E-state index in [2.05, 4.69) is 10.5 Å². The summed E-state index contributed by atoms with van der Waals surface area (Å²) in [5, 5.41) is 7.60. The molecule has 0 aliphatic heterocycles. The summed E-state index contributed by atoms with van der Waals surface area (Å²) in [5.74, 6) is 1.21. The molecule has 0 saturated carbocycles. The molecule has 1 aromatic carbocycles. The summed E-state index contributed by atoms with van der Waals surface area (Å²) < 4.78 is 5.26. The Labute approximate surface area is 138 Å². The molecule has 0 radical (unpaired) electrons. The number of hydrogen-bond acceptors (Lipinski definition) is 4. The van der Waals surface area contributed by atoms with Crippen molar-refractivity contribution in [1.82, 2.24) is 5.16 Å². The Hall–Kier alpha value is -1.46. The molecular formula is C16H17ClN2O2S. The summed E-state index contributed by atoms with van der Waals surface area (Å²) in [6, 6.07) is 7.62. The van der Waals surface area contributed by atoms with Crippen LogP contribution >= 0.6 is 23.4 Å². The fourth-order valence-electron chi connectivity index (χ4n) is 2.47. The number of carbonyl (C=O) groups excluding carboxylic acids is 1. The summed E-state index contributed by atoms with van der Waals surface area (Å²) in [6.45, 7) is 0. The SMILES string of the molecule is O=C(CCSc1ccc(Cl)cc1)Nc1onc2c1CCCC2. The number of aromatic nitrogens is 1. The number of fused-ring (bicyclic) bond motifs is 1. The van der Waals surface area contributed by atoms with Crippen LogP contribution in [-0.4, -0.2) is 16.8 Å². The zero-order valence-corrected chi connectivity index (χ0v) is 13.7. The van der Waals surface area contributed by atoms with Crippen molar-refractivity contribution in [3.63, 3.8) is 0 Å². The molecule has 1 amide bonds. The van der Waals surface area contributed by atoms with Crippen LogP contribution in [0.3, 0.4) is 0 Å². The van der Waals surface area contributed by atoms with E-state index in [1.54, 1.807) is 11.8 Å². The van der Waals surface area contributed by atoms with Crippen LogP contribution in [0.5, 0.6) is 0 Å². The number of hydrogen-bond donors (Lipinski definition) is 1. The van der Waals surface area contributed by atoms with Gasteiger partial charge in [0.25, 0.3) is 0 Å². The monoisotopic (exact) mass is 336 g/mol. The minimum absolute atomic E-state index is 0.0361. The smallest absolute Gasteiger partial charge is 0.234 e. The third-order valence-corrected chi connectivity index (χ3v) is 4.89. The van der Waals surface area contributed by atoms with Crippen LogP contribution in [0.1, 0.15) is 30.5 Å². The standard InChI is InChI=1S/C16H17ClN2O2S/c17-11-5-7-12(8-6-11)22-10-9-15(20)18-16-13-3-1-2-4-14(13)19-21-16/h5-8H,1-4,9-10H2,(H,18,20). The van der Waals surface area contributed by atoms with E-state index in [0.29, 0.717) is 18.1 Å². The fourth-order valence-corrected chi connectivity index (χ4v) is 3.45. The maximum absolute atomic E-state index is 12.0. The number of aryl methyl sites for hydroxylation is 1. The number of carbonyl (C=O) groups is 1. The molecule has 4 nitrogen and oxygen atoms in total. The highest BCUT2D eigenvalue weighted by Crippen LogP contribution is 2.28. The van der Waals surface area contributed by atoms with E-state index < -0.39 is 0 Å². The van der Waals surface area contributed by atoms with Crippen molar-refractivity contribution in [2.45, 2.75) is 37.0 Å². The Balaban J connectivity index is 1.48. The van der Waals surface area contributed by atoms with Crippen LogP contribution in [-0.2, 0) is 17.6 Å². The molecule has 1 N–H and O–H groups in total. The largest absolute Gasteiger partial charge is 0.338 e. The van der Waals surface area contributed by atoms with Crippen molar-refractivity contribution >= 4 is 35.2 Å². The first-order chi connectivity index (χ1) is 10.7. The minimum Gasteiger partial charge on any atom is -0.338 e. The van der Waals surface area contributed by atoms with Gasteiger partial charge in [-0.1, -0.05) is 16.8 Å². The number of halogens is 1. The van der Waals surface area contributed by atoms with Crippen LogP contribution in [0.15, 0.2) is 33.7 Å². The lowest BCUT2D eigenvalue weighted by Gasteiger charge is -2.09. The van der Waals surface area contributed by atoms with E-state index in [-0.39, 0.29) is 5.91 Å². The molecule has 2 aromatic rings. The van der Waals surface area contributed by atoms with Crippen molar-refractivity contribution in [3.05, 3.63) is 40.5 Å². The van der Waals surface area contributed by atoms with Gasteiger partial charge >= 0.3 is 0 Å². The molecule has 1 aliphatic rings. The Bertz CT molecular complexity index is 655. The average Bonchev–Trinajstić information content (AvgIpc) is 2.93. The third kappa shape index (κ3) is 3.84. The maximum atomic E-state index is 12.0. The van der Waals surface area contributed by atoms with Gasteiger partial charge in [0, 0.05) is 27.7 Å². The summed E-state index contributed by atoms with van der Waals surface area (Å²) >= 11 is 7.48. The second-order valence-corrected chi connectivity index (χ2v) is 6.85. The first-order valence-corrected chi connectivity index (χ1v) is 8.74. The van der Waals surface area contributed by atoms with Crippen molar-refractivity contribution in [2.24, 2.45) is 0 Å². The van der Waals surface area contributed by atoms with Gasteiger partial charge in [-0.3, -0.25) is 10.1 Å². The molecule has 0 unspecified atom stereocenters. The molecule has 1 aromatic heterocycles. The summed E-state index contributed by atoms with van der Waals surface area (Å²) in [7, 11) is 0. The van der Waals surface area contributed by atoms with Crippen molar-refractivity contribution in [1.29, 1.82) is 0 Å². The van der Waals surface area contributed by atoms with Crippen molar-refractivity contribution in [2.75, 3.05) is 11.1 Å². The number of nitrogens with one attached hydrogen (secondary N) is 1. The van der Waals surface area contributed by atoms with Gasteiger partial charge in [0.15, 0.2) is 0 Å². The van der Waals surface area contributed by atoms with Crippen molar-refractivity contribution < 1.29 is 9.32 Å². The first kappa shape index (κ1) is 15.4. The lowest BCUT2D eigenvalue weighted by Crippen LogP contribution is -2.13. The molecule has 0 atom stereocenters. The summed E-state index contributed by atoms with van der Waals surface area (Å²) in [6.07, 6.45) is 4.59. The normalized spacial score (nSPS) is 13.7. The lowest BCUT2D eigenvalue weighted by atomic mass is 9.98. The maximum Gasteiger partial charge on any atom is 0.234 e. The average molecular weight is 337 g/mol. The van der Waals surface area contributed by atoms with E-state index in [0.717, 1.165) is 46.9 Å². The molecule has 3 rings (SSSR count). The zero-order chi connectivity index (χ0) is 15.4. The number of amides is 1. The number of rotatable bonds is 5. The van der Waals surface area contributed by atoms with E-state index >= 15 is 0 Å². The lowest BCUT2D eigenvalue weighted by molar-refractivity contribution is -0.115. The number of anilines is 1. The van der Waals surface area contributed by atoms with Crippen molar-refractivity contribution in [3.8, 4) is 0 Å².